The maximum atomic E-state index is 14.0. The molecule has 14 heteroatoms. The molecule has 2 amide bonds. The molecule has 5 N–H and O–H groups in total. The van der Waals surface area contributed by atoms with Gasteiger partial charge in [0.1, 0.15) is 18.3 Å². The van der Waals surface area contributed by atoms with Gasteiger partial charge in [-0.15, -0.1) is 0 Å². The van der Waals surface area contributed by atoms with E-state index in [0.717, 1.165) is 10.3 Å². The van der Waals surface area contributed by atoms with Gasteiger partial charge in [-0.1, -0.05) is 42.5 Å². The molecule has 1 aliphatic heterocycles. The lowest BCUT2D eigenvalue weighted by Gasteiger charge is -2.38. The first-order valence-corrected chi connectivity index (χ1v) is 15.9. The number of nitrogens with one attached hydrogen (secondary N) is 2. The van der Waals surface area contributed by atoms with Crippen molar-refractivity contribution in [3.8, 4) is 5.75 Å². The number of guanidine groups is 1. The van der Waals surface area contributed by atoms with Gasteiger partial charge in [-0.25, -0.2) is 8.42 Å². The number of nitrogens with zero attached hydrogens (tertiary/aromatic N) is 3. The van der Waals surface area contributed by atoms with E-state index in [2.05, 4.69) is 4.72 Å². The Labute approximate surface area is 262 Å². The topological polar surface area (TPSA) is 186 Å². The number of ether oxygens (including phenoxy) is 1. The predicted octanol–water partition coefficient (Wildman–Crippen LogP) is 1.82. The molecule has 1 aliphatic rings. The molecule has 0 aliphatic carbocycles. The lowest BCUT2D eigenvalue weighted by Crippen LogP contribution is -2.54. The van der Waals surface area contributed by atoms with Crippen molar-refractivity contribution in [2.24, 2.45) is 5.73 Å². The standard InChI is InChI=1S/C31H38N6O7S/c1-35(24-8-5-15-36(19-24)31(32)33)28(38)17-27(34-45(42,43)26-14-11-22-6-3-4-7-23(22)16-26)30(41)37(20-29(39)40)18-21-9-12-25(44-2)13-10-21/h3-4,6-7,9-14,16,24,27,34H,5,8,15,17-20H2,1-2H3,(H3,32,33)(H,39,40)/t24-,27-/m0/s1. The largest absolute Gasteiger partial charge is 0.497 e. The second-order valence-corrected chi connectivity index (χ2v) is 12.7. The van der Waals surface area contributed by atoms with Crippen molar-refractivity contribution in [2.45, 2.75) is 42.8 Å². The van der Waals surface area contributed by atoms with Crippen LogP contribution in [0.1, 0.15) is 24.8 Å². The number of benzene rings is 3. The van der Waals surface area contributed by atoms with Crippen molar-refractivity contribution >= 4 is 44.5 Å². The molecular weight excluding hydrogens is 600 g/mol. The van der Waals surface area contributed by atoms with Crippen LogP contribution in [0.3, 0.4) is 0 Å². The molecule has 13 nitrogen and oxygen atoms in total. The number of likely N-dealkylation sites (tertiary alicyclic amines) is 1. The summed E-state index contributed by atoms with van der Waals surface area (Å²) in [5.74, 6) is -2.24. The Morgan fingerprint density at radius 3 is 2.44 bits per heavy atom. The molecule has 0 unspecified atom stereocenters. The van der Waals surface area contributed by atoms with Crippen LogP contribution < -0.4 is 15.2 Å². The summed E-state index contributed by atoms with van der Waals surface area (Å²) < 4.78 is 34.9. The first kappa shape index (κ1) is 33.2. The summed E-state index contributed by atoms with van der Waals surface area (Å²) in [6, 6.07) is 16.4. The first-order valence-electron chi connectivity index (χ1n) is 14.4. The van der Waals surface area contributed by atoms with Crippen molar-refractivity contribution < 1.29 is 32.6 Å². The van der Waals surface area contributed by atoms with E-state index in [4.69, 9.17) is 15.9 Å². The summed E-state index contributed by atoms with van der Waals surface area (Å²) in [7, 11) is -1.28. The number of carbonyl (C=O) groups is 3. The average Bonchev–Trinajstić information content (AvgIpc) is 3.03. The van der Waals surface area contributed by atoms with E-state index >= 15 is 0 Å². The highest BCUT2D eigenvalue weighted by atomic mass is 32.2. The van der Waals surface area contributed by atoms with Gasteiger partial charge in [0.05, 0.1) is 18.4 Å². The lowest BCUT2D eigenvalue weighted by atomic mass is 10.0. The molecule has 45 heavy (non-hydrogen) atoms. The van der Waals surface area contributed by atoms with E-state index < -0.39 is 46.8 Å². The van der Waals surface area contributed by atoms with Crippen LogP contribution in [-0.4, -0.2) is 97.8 Å². The fourth-order valence-electron chi connectivity index (χ4n) is 5.33. The Kier molecular flexibility index (Phi) is 10.6. The van der Waals surface area contributed by atoms with Gasteiger partial charge in [0.25, 0.3) is 0 Å². The van der Waals surface area contributed by atoms with E-state index in [1.165, 1.54) is 24.1 Å². The third-order valence-electron chi connectivity index (χ3n) is 7.85. The number of hydrogen-bond donors (Lipinski definition) is 4. The molecule has 0 aromatic heterocycles. The highest BCUT2D eigenvalue weighted by Gasteiger charge is 2.35. The number of rotatable bonds is 12. The number of nitrogens with two attached hydrogens (primary N) is 1. The maximum absolute atomic E-state index is 14.0. The van der Waals surface area contributed by atoms with Gasteiger partial charge in [-0.2, -0.15) is 4.72 Å². The second kappa shape index (κ2) is 14.4. The Balaban J connectivity index is 1.64. The van der Waals surface area contributed by atoms with Crippen LogP contribution in [0.4, 0.5) is 0 Å². The zero-order valence-electron chi connectivity index (χ0n) is 25.2. The molecule has 1 fully saturated rings. The molecule has 1 saturated heterocycles. The van der Waals surface area contributed by atoms with Gasteiger partial charge in [0, 0.05) is 32.7 Å². The fraction of sp³-hybridized carbons (Fsp3) is 0.355. The number of piperidine rings is 1. The summed E-state index contributed by atoms with van der Waals surface area (Å²) in [6.45, 7) is 0.0283. The van der Waals surface area contributed by atoms with Gasteiger partial charge >= 0.3 is 5.97 Å². The van der Waals surface area contributed by atoms with Crippen LogP contribution in [0.15, 0.2) is 71.6 Å². The van der Waals surface area contributed by atoms with Crippen LogP contribution in [0.5, 0.6) is 5.75 Å². The van der Waals surface area contributed by atoms with Crippen LogP contribution in [0.2, 0.25) is 0 Å². The van der Waals surface area contributed by atoms with Crippen molar-refractivity contribution in [1.82, 2.24) is 19.4 Å². The number of methoxy groups -OCH3 is 1. The number of carboxylic acids is 1. The zero-order chi connectivity index (χ0) is 32.7. The van der Waals surface area contributed by atoms with Crippen LogP contribution in [0, 0.1) is 5.41 Å². The predicted molar refractivity (Wildman–Crippen MR) is 168 cm³/mol. The van der Waals surface area contributed by atoms with E-state index in [9.17, 15) is 27.9 Å². The van der Waals surface area contributed by atoms with Crippen LogP contribution in [0.25, 0.3) is 10.8 Å². The number of likely N-dealkylation sites (N-methyl/N-ethyl adjacent to an activating group) is 1. The molecule has 3 aromatic carbocycles. The van der Waals surface area contributed by atoms with E-state index in [1.807, 2.05) is 12.1 Å². The molecular formula is C31H38N6O7S. The number of carboxylic acid groups (broad SMARTS) is 1. The Hall–Kier alpha value is -4.69. The number of aliphatic carboxylic acids is 1. The quantitative estimate of drug-likeness (QED) is 0.170. The van der Waals surface area contributed by atoms with Gasteiger partial charge in [-0.3, -0.25) is 19.8 Å². The molecule has 0 spiro atoms. The van der Waals surface area contributed by atoms with Crippen LogP contribution in [-0.2, 0) is 31.0 Å². The molecule has 2 atom stereocenters. The monoisotopic (exact) mass is 638 g/mol. The Morgan fingerprint density at radius 1 is 1.11 bits per heavy atom. The van der Waals surface area contributed by atoms with Crippen molar-refractivity contribution in [3.63, 3.8) is 0 Å². The normalized spacial score (nSPS) is 15.7. The van der Waals surface area contributed by atoms with E-state index in [0.29, 0.717) is 42.6 Å². The molecule has 1 heterocycles. The summed E-state index contributed by atoms with van der Waals surface area (Å²) in [5, 5.41) is 18.9. The number of sulfonamides is 1. The molecule has 4 rings (SSSR count). The molecule has 3 aromatic rings. The van der Waals surface area contributed by atoms with E-state index in [1.54, 1.807) is 54.4 Å². The second-order valence-electron chi connectivity index (χ2n) is 11.0. The minimum Gasteiger partial charge on any atom is -0.497 e. The Bertz CT molecular complexity index is 1660. The van der Waals surface area contributed by atoms with Crippen molar-refractivity contribution in [3.05, 3.63) is 72.3 Å². The molecule has 240 valence electrons. The Morgan fingerprint density at radius 2 is 1.80 bits per heavy atom. The number of amides is 2. The fourth-order valence-corrected chi connectivity index (χ4v) is 6.55. The van der Waals surface area contributed by atoms with E-state index in [-0.39, 0.29) is 23.4 Å². The molecule has 0 radical (unpaired) electrons. The van der Waals surface area contributed by atoms with Crippen molar-refractivity contribution in [1.29, 1.82) is 5.41 Å². The van der Waals surface area contributed by atoms with Crippen LogP contribution >= 0.6 is 0 Å². The van der Waals surface area contributed by atoms with Gasteiger partial charge < -0.3 is 30.3 Å². The lowest BCUT2D eigenvalue weighted by molar-refractivity contribution is -0.146. The SMILES string of the molecule is COc1ccc(CN(CC(=O)O)C(=O)[C@H](CC(=O)N(C)[C@H]2CCCN(C(=N)N)C2)NS(=O)(=O)c2ccc3ccccc3c2)cc1. The smallest absolute Gasteiger partial charge is 0.323 e. The zero-order valence-corrected chi connectivity index (χ0v) is 26.0. The third-order valence-corrected chi connectivity index (χ3v) is 9.32. The maximum Gasteiger partial charge on any atom is 0.323 e. The van der Waals surface area contributed by atoms with Crippen molar-refractivity contribution in [2.75, 3.05) is 33.8 Å². The highest BCUT2D eigenvalue weighted by molar-refractivity contribution is 7.89. The minimum atomic E-state index is -4.34. The molecule has 0 bridgehead atoms. The van der Waals surface area contributed by atoms with Gasteiger partial charge in [-0.05, 0) is 53.4 Å². The number of fused-ring (bicyclic) bond motifs is 1. The first-order chi connectivity index (χ1) is 21.4. The summed E-state index contributed by atoms with van der Waals surface area (Å²) in [5.41, 5.74) is 6.24. The van der Waals surface area contributed by atoms with Gasteiger partial charge in [0.2, 0.25) is 21.8 Å². The summed E-state index contributed by atoms with van der Waals surface area (Å²) in [4.78, 5) is 43.4. The third kappa shape index (κ3) is 8.48. The summed E-state index contributed by atoms with van der Waals surface area (Å²) in [6.07, 6.45) is 0.764. The average molecular weight is 639 g/mol. The highest BCUT2D eigenvalue weighted by Crippen LogP contribution is 2.21. The molecule has 0 saturated carbocycles. The summed E-state index contributed by atoms with van der Waals surface area (Å²) >= 11 is 0. The minimum absolute atomic E-state index is 0.107. The number of carbonyl (C=O) groups excluding carboxylic acids is 2. The number of hydrogen-bond acceptors (Lipinski definition) is 7. The van der Waals surface area contributed by atoms with Gasteiger partial charge in [0.15, 0.2) is 5.96 Å².